The maximum absolute atomic E-state index is 12.4. The van der Waals surface area contributed by atoms with Gasteiger partial charge in [0.25, 0.3) is 0 Å². The molecule has 21 heavy (non-hydrogen) atoms. The summed E-state index contributed by atoms with van der Waals surface area (Å²) in [6.07, 6.45) is 5.05. The van der Waals surface area contributed by atoms with E-state index in [2.05, 4.69) is 6.07 Å². The molecular weight excluding hydrogens is 268 g/mol. The summed E-state index contributed by atoms with van der Waals surface area (Å²) in [4.78, 5) is 23.7. The largest absolute Gasteiger partial charge is 0.477 e. The highest BCUT2D eigenvalue weighted by atomic mass is 16.4. The van der Waals surface area contributed by atoms with E-state index in [0.717, 1.165) is 48.9 Å². The van der Waals surface area contributed by atoms with Gasteiger partial charge in [-0.2, -0.15) is 0 Å². The number of rotatable bonds is 4. The number of aromatic carboxylic acids is 1. The van der Waals surface area contributed by atoms with Gasteiger partial charge in [0.15, 0.2) is 0 Å². The van der Waals surface area contributed by atoms with Crippen molar-refractivity contribution >= 4 is 16.9 Å². The Morgan fingerprint density at radius 3 is 2.90 bits per heavy atom. The minimum Gasteiger partial charge on any atom is -0.477 e. The van der Waals surface area contributed by atoms with Crippen LogP contribution in [0, 0.1) is 0 Å². The average Bonchev–Trinajstić information content (AvgIpc) is 2.48. The molecule has 1 aliphatic heterocycles. The third kappa shape index (κ3) is 2.34. The van der Waals surface area contributed by atoms with Crippen molar-refractivity contribution in [2.75, 3.05) is 6.54 Å². The summed E-state index contributed by atoms with van der Waals surface area (Å²) >= 11 is 0. The number of hydrogen-bond acceptors (Lipinski definition) is 3. The van der Waals surface area contributed by atoms with Gasteiger partial charge in [-0.3, -0.25) is 4.79 Å². The Balaban J connectivity index is 2.30. The second-order valence-corrected chi connectivity index (χ2v) is 5.52. The van der Waals surface area contributed by atoms with Crippen molar-refractivity contribution in [3.8, 4) is 0 Å². The molecule has 0 bridgehead atoms. The van der Waals surface area contributed by atoms with E-state index in [-0.39, 0.29) is 11.0 Å². The number of aryl methyl sites for hydroxylation is 3. The first-order valence-corrected chi connectivity index (χ1v) is 7.24. The number of benzene rings is 1. The van der Waals surface area contributed by atoms with Crippen LogP contribution < -0.4 is 11.2 Å². The fourth-order valence-electron chi connectivity index (χ4n) is 3.11. The maximum atomic E-state index is 12.4. The predicted octanol–water partition coefficient (Wildman–Crippen LogP) is 1.54. The summed E-state index contributed by atoms with van der Waals surface area (Å²) in [6.45, 7) is 1.36. The van der Waals surface area contributed by atoms with Crippen LogP contribution in [0.3, 0.4) is 0 Å². The fourth-order valence-corrected chi connectivity index (χ4v) is 3.11. The zero-order valence-electron chi connectivity index (χ0n) is 11.8. The third-order valence-electron chi connectivity index (χ3n) is 4.06. The Kier molecular flexibility index (Phi) is 3.51. The molecule has 1 aromatic carbocycles. The lowest BCUT2D eigenvalue weighted by Gasteiger charge is -2.21. The smallest absolute Gasteiger partial charge is 0.341 e. The molecule has 1 aliphatic rings. The van der Waals surface area contributed by atoms with E-state index >= 15 is 0 Å². The van der Waals surface area contributed by atoms with E-state index in [1.54, 1.807) is 0 Å². The molecule has 2 heterocycles. The molecule has 2 aromatic rings. The van der Waals surface area contributed by atoms with Crippen LogP contribution in [-0.2, 0) is 19.4 Å². The molecule has 0 unspecified atom stereocenters. The molecule has 3 N–H and O–H groups in total. The van der Waals surface area contributed by atoms with Crippen LogP contribution in [0.5, 0.6) is 0 Å². The monoisotopic (exact) mass is 286 g/mol. The summed E-state index contributed by atoms with van der Waals surface area (Å²) < 4.78 is 1.91. The standard InChI is InChI=1S/C16H18N2O3/c17-5-1-3-10-7-11-4-2-6-18-9-13(16(20)21)15(19)12(8-10)14(11)18/h7-9H,1-6,17H2,(H,20,21). The first-order valence-electron chi connectivity index (χ1n) is 7.24. The normalized spacial score (nSPS) is 13.6. The Morgan fingerprint density at radius 1 is 1.38 bits per heavy atom. The summed E-state index contributed by atoms with van der Waals surface area (Å²) in [5.74, 6) is -1.16. The van der Waals surface area contributed by atoms with Gasteiger partial charge in [0, 0.05) is 18.1 Å². The molecule has 1 aromatic heterocycles. The van der Waals surface area contributed by atoms with Crippen molar-refractivity contribution in [3.63, 3.8) is 0 Å². The highest BCUT2D eigenvalue weighted by Gasteiger charge is 2.19. The van der Waals surface area contributed by atoms with Crippen molar-refractivity contribution in [3.05, 3.63) is 45.2 Å². The number of hydrogen-bond donors (Lipinski definition) is 2. The number of pyridine rings is 1. The zero-order chi connectivity index (χ0) is 15.0. The summed E-state index contributed by atoms with van der Waals surface area (Å²) in [6, 6.07) is 3.97. The molecule has 0 fully saturated rings. The van der Waals surface area contributed by atoms with Crippen LogP contribution in [0.4, 0.5) is 0 Å². The molecule has 110 valence electrons. The van der Waals surface area contributed by atoms with Crippen molar-refractivity contribution in [2.45, 2.75) is 32.2 Å². The van der Waals surface area contributed by atoms with E-state index in [1.165, 1.54) is 6.20 Å². The molecule has 0 amide bonds. The van der Waals surface area contributed by atoms with Gasteiger partial charge in [-0.05, 0) is 49.4 Å². The van der Waals surface area contributed by atoms with Crippen molar-refractivity contribution < 1.29 is 9.90 Å². The first-order chi connectivity index (χ1) is 10.1. The summed E-state index contributed by atoms with van der Waals surface area (Å²) in [7, 11) is 0. The van der Waals surface area contributed by atoms with Gasteiger partial charge < -0.3 is 15.4 Å². The van der Waals surface area contributed by atoms with E-state index in [1.807, 2.05) is 10.6 Å². The second-order valence-electron chi connectivity index (χ2n) is 5.52. The van der Waals surface area contributed by atoms with Gasteiger partial charge in [-0.25, -0.2) is 4.79 Å². The van der Waals surface area contributed by atoms with Crippen molar-refractivity contribution in [2.24, 2.45) is 5.73 Å². The van der Waals surface area contributed by atoms with E-state index < -0.39 is 5.97 Å². The quantitative estimate of drug-likeness (QED) is 0.892. The van der Waals surface area contributed by atoms with Gasteiger partial charge in [-0.15, -0.1) is 0 Å². The van der Waals surface area contributed by atoms with Gasteiger partial charge in [-0.1, -0.05) is 6.07 Å². The summed E-state index contributed by atoms with van der Waals surface area (Å²) in [5.41, 5.74) is 8.12. The third-order valence-corrected chi connectivity index (χ3v) is 4.06. The zero-order valence-corrected chi connectivity index (χ0v) is 11.8. The lowest BCUT2D eigenvalue weighted by Crippen LogP contribution is -2.22. The molecule has 0 atom stereocenters. The van der Waals surface area contributed by atoms with Crippen LogP contribution >= 0.6 is 0 Å². The molecular formula is C16H18N2O3. The predicted molar refractivity (Wildman–Crippen MR) is 80.9 cm³/mol. The van der Waals surface area contributed by atoms with Gasteiger partial charge >= 0.3 is 5.97 Å². The Morgan fingerprint density at radius 2 is 2.19 bits per heavy atom. The molecule has 0 aliphatic carbocycles. The minimum atomic E-state index is -1.16. The Bertz CT molecular complexity index is 777. The van der Waals surface area contributed by atoms with Gasteiger partial charge in [0.05, 0.1) is 5.52 Å². The van der Waals surface area contributed by atoms with Gasteiger partial charge in [0.1, 0.15) is 5.56 Å². The van der Waals surface area contributed by atoms with Crippen LogP contribution in [0.25, 0.3) is 10.9 Å². The van der Waals surface area contributed by atoms with Gasteiger partial charge in [0.2, 0.25) is 5.43 Å². The lowest BCUT2D eigenvalue weighted by molar-refractivity contribution is 0.0694. The van der Waals surface area contributed by atoms with Crippen molar-refractivity contribution in [1.82, 2.24) is 4.57 Å². The number of carboxylic acid groups (broad SMARTS) is 1. The van der Waals surface area contributed by atoms with Crippen LogP contribution in [0.15, 0.2) is 23.1 Å². The highest BCUT2D eigenvalue weighted by Crippen LogP contribution is 2.26. The number of nitrogens with zero attached hydrogens (tertiary/aromatic N) is 1. The van der Waals surface area contributed by atoms with Crippen LogP contribution in [0.1, 0.15) is 34.3 Å². The fraction of sp³-hybridized carbons (Fsp3) is 0.375. The minimum absolute atomic E-state index is 0.147. The highest BCUT2D eigenvalue weighted by molar-refractivity contribution is 5.93. The number of aromatic nitrogens is 1. The molecule has 3 rings (SSSR count). The first kappa shape index (κ1) is 13.8. The molecule has 0 spiro atoms. The Labute approximate surface area is 122 Å². The molecule has 5 heteroatoms. The van der Waals surface area contributed by atoms with Crippen LogP contribution in [-0.4, -0.2) is 22.2 Å². The molecule has 5 nitrogen and oxygen atoms in total. The maximum Gasteiger partial charge on any atom is 0.341 e. The Hall–Kier alpha value is -2.14. The lowest BCUT2D eigenvalue weighted by atomic mass is 9.95. The SMILES string of the molecule is NCCCc1cc2c3c(c1)c(=O)c(C(=O)O)cn3CCC2. The molecule has 0 radical (unpaired) electrons. The number of carbonyl (C=O) groups is 1. The second kappa shape index (κ2) is 5.33. The number of nitrogens with two attached hydrogens (primary N) is 1. The summed E-state index contributed by atoms with van der Waals surface area (Å²) in [5, 5.41) is 9.74. The number of carboxylic acids is 1. The van der Waals surface area contributed by atoms with Crippen LogP contribution in [0.2, 0.25) is 0 Å². The topological polar surface area (TPSA) is 85.3 Å². The average molecular weight is 286 g/mol. The van der Waals surface area contributed by atoms with E-state index in [4.69, 9.17) is 5.73 Å². The van der Waals surface area contributed by atoms with E-state index in [9.17, 15) is 14.7 Å². The van der Waals surface area contributed by atoms with E-state index in [0.29, 0.717) is 11.9 Å². The molecule has 0 saturated carbocycles. The van der Waals surface area contributed by atoms with Crippen molar-refractivity contribution in [1.29, 1.82) is 0 Å². The molecule has 0 saturated heterocycles.